The molecule has 0 amide bonds. The summed E-state index contributed by atoms with van der Waals surface area (Å²) in [5.74, 6) is 0.472. The van der Waals surface area contributed by atoms with E-state index in [0.29, 0.717) is 18.5 Å². The molecule has 4 heteroatoms. The van der Waals surface area contributed by atoms with Gasteiger partial charge in [-0.15, -0.1) is 0 Å². The van der Waals surface area contributed by atoms with Gasteiger partial charge in [0, 0.05) is 11.7 Å². The van der Waals surface area contributed by atoms with Gasteiger partial charge in [-0.3, -0.25) is 9.89 Å². The van der Waals surface area contributed by atoms with Gasteiger partial charge in [0.1, 0.15) is 0 Å². The van der Waals surface area contributed by atoms with Gasteiger partial charge in [0.15, 0.2) is 5.96 Å². The quantitative estimate of drug-likeness (QED) is 0.599. The van der Waals surface area contributed by atoms with Crippen LogP contribution in [0.25, 0.3) is 0 Å². The van der Waals surface area contributed by atoms with E-state index >= 15 is 0 Å². The summed E-state index contributed by atoms with van der Waals surface area (Å²) < 4.78 is 0. The second-order valence-electron chi connectivity index (χ2n) is 4.29. The minimum atomic E-state index is 0.413. The van der Waals surface area contributed by atoms with Gasteiger partial charge in [-0.25, -0.2) is 0 Å². The molecule has 1 unspecified atom stereocenters. The zero-order valence-electron chi connectivity index (χ0n) is 11.6. The number of hydrogen-bond donors (Lipinski definition) is 2. The van der Waals surface area contributed by atoms with Crippen LogP contribution in [-0.4, -0.2) is 36.5 Å². The number of hydrogen-bond acceptors (Lipinski definition) is 2. The second-order valence-corrected chi connectivity index (χ2v) is 4.29. The smallest absolute Gasteiger partial charge is 0.193 e. The Morgan fingerprint density at radius 2 is 1.89 bits per heavy atom. The van der Waals surface area contributed by atoms with Gasteiger partial charge in [0.2, 0.25) is 0 Å². The number of nitrogens with one attached hydrogen (secondary N) is 1. The molecule has 1 atom stereocenters. The van der Waals surface area contributed by atoms with Crippen LogP contribution in [-0.2, 0) is 0 Å². The van der Waals surface area contributed by atoms with E-state index in [1.54, 1.807) is 0 Å². The minimum absolute atomic E-state index is 0.413. The first-order valence-electron chi connectivity index (χ1n) is 6.53. The summed E-state index contributed by atoms with van der Waals surface area (Å²) in [5.41, 5.74) is 6.82. The van der Waals surface area contributed by atoms with Crippen molar-refractivity contribution in [2.75, 3.05) is 25.0 Å². The molecule has 4 nitrogen and oxygen atoms in total. The first-order valence-corrected chi connectivity index (χ1v) is 6.53. The molecule has 18 heavy (non-hydrogen) atoms. The summed E-state index contributed by atoms with van der Waals surface area (Å²) in [5, 5.41) is 3.08. The highest BCUT2D eigenvalue weighted by atomic mass is 15.2. The maximum Gasteiger partial charge on any atom is 0.193 e. The molecule has 0 saturated carbocycles. The number of anilines is 1. The molecule has 0 radical (unpaired) electrons. The number of nitrogens with two attached hydrogens (primary N) is 1. The van der Waals surface area contributed by atoms with Crippen LogP contribution in [0.1, 0.15) is 20.8 Å². The number of para-hydroxylation sites is 1. The van der Waals surface area contributed by atoms with Crippen LogP contribution in [0.3, 0.4) is 0 Å². The minimum Gasteiger partial charge on any atom is -0.370 e. The molecule has 0 fully saturated rings. The zero-order chi connectivity index (χ0) is 13.4. The maximum absolute atomic E-state index is 5.86. The van der Waals surface area contributed by atoms with E-state index in [4.69, 9.17) is 5.73 Å². The normalized spacial score (nSPS) is 13.7. The predicted octanol–water partition coefficient (Wildman–Crippen LogP) is 2.14. The van der Waals surface area contributed by atoms with Gasteiger partial charge in [0.25, 0.3) is 0 Å². The fraction of sp³-hybridized carbons (Fsp3) is 0.500. The number of guanidine groups is 1. The van der Waals surface area contributed by atoms with Crippen LogP contribution in [0, 0.1) is 0 Å². The summed E-state index contributed by atoms with van der Waals surface area (Å²) in [4.78, 5) is 6.74. The lowest BCUT2D eigenvalue weighted by Crippen LogP contribution is -2.36. The van der Waals surface area contributed by atoms with E-state index < -0.39 is 0 Å². The summed E-state index contributed by atoms with van der Waals surface area (Å²) in [7, 11) is 0. The first-order chi connectivity index (χ1) is 8.67. The van der Waals surface area contributed by atoms with Crippen LogP contribution >= 0.6 is 0 Å². The second kappa shape index (κ2) is 7.71. The van der Waals surface area contributed by atoms with Crippen molar-refractivity contribution in [2.24, 2.45) is 10.7 Å². The molecule has 0 saturated heterocycles. The molecule has 0 aromatic heterocycles. The lowest BCUT2D eigenvalue weighted by Gasteiger charge is -2.24. The Bertz CT molecular complexity index is 357. The molecule has 0 heterocycles. The van der Waals surface area contributed by atoms with Gasteiger partial charge in [-0.05, 0) is 32.1 Å². The van der Waals surface area contributed by atoms with Gasteiger partial charge >= 0.3 is 0 Å². The highest BCUT2D eigenvalue weighted by Crippen LogP contribution is 2.04. The Balaban J connectivity index is 2.47. The Morgan fingerprint density at radius 3 is 2.44 bits per heavy atom. The van der Waals surface area contributed by atoms with E-state index in [1.807, 2.05) is 30.3 Å². The molecular formula is C14H24N4. The van der Waals surface area contributed by atoms with Crippen molar-refractivity contribution in [1.29, 1.82) is 0 Å². The molecule has 0 aliphatic heterocycles. The fourth-order valence-corrected chi connectivity index (χ4v) is 1.90. The van der Waals surface area contributed by atoms with Crippen LogP contribution in [0.4, 0.5) is 5.69 Å². The predicted molar refractivity (Wildman–Crippen MR) is 78.9 cm³/mol. The van der Waals surface area contributed by atoms with Crippen molar-refractivity contribution in [3.63, 3.8) is 0 Å². The van der Waals surface area contributed by atoms with Gasteiger partial charge < -0.3 is 11.1 Å². The van der Waals surface area contributed by atoms with Crippen molar-refractivity contribution >= 4 is 11.6 Å². The molecule has 0 bridgehead atoms. The summed E-state index contributed by atoms with van der Waals surface area (Å²) in [6, 6.07) is 10.3. The number of rotatable bonds is 6. The Kier molecular flexibility index (Phi) is 6.22. The van der Waals surface area contributed by atoms with Gasteiger partial charge in [-0.1, -0.05) is 32.0 Å². The number of nitrogens with zero attached hydrogens (tertiary/aromatic N) is 2. The van der Waals surface area contributed by atoms with Crippen LogP contribution in [0.2, 0.25) is 0 Å². The molecule has 0 spiro atoms. The number of likely N-dealkylation sites (N-methyl/N-ethyl adjacent to an activating group) is 1. The standard InChI is InChI=1S/C14H24N4/c1-4-18(5-2)12(3)11-16-14(15)17-13-9-7-6-8-10-13/h6-10,12H,4-5,11H2,1-3H3,(H3,15,16,17). The topological polar surface area (TPSA) is 53.6 Å². The molecule has 3 N–H and O–H groups in total. The number of benzene rings is 1. The average Bonchev–Trinajstić information content (AvgIpc) is 2.39. The van der Waals surface area contributed by atoms with Crippen molar-refractivity contribution in [2.45, 2.75) is 26.8 Å². The van der Waals surface area contributed by atoms with E-state index in [9.17, 15) is 0 Å². The van der Waals surface area contributed by atoms with E-state index in [2.05, 4.69) is 36.0 Å². The molecule has 1 aromatic rings. The van der Waals surface area contributed by atoms with Crippen LogP contribution in [0.15, 0.2) is 35.3 Å². The summed E-state index contributed by atoms with van der Waals surface area (Å²) >= 11 is 0. The Hall–Kier alpha value is -1.55. The molecule has 1 aromatic carbocycles. The summed E-state index contributed by atoms with van der Waals surface area (Å²) in [6.45, 7) is 9.29. The molecule has 1 rings (SSSR count). The van der Waals surface area contributed by atoms with Crippen molar-refractivity contribution < 1.29 is 0 Å². The average molecular weight is 248 g/mol. The third-order valence-electron chi connectivity index (χ3n) is 3.01. The maximum atomic E-state index is 5.86. The zero-order valence-corrected chi connectivity index (χ0v) is 11.6. The van der Waals surface area contributed by atoms with Crippen LogP contribution < -0.4 is 11.1 Å². The Morgan fingerprint density at radius 1 is 1.28 bits per heavy atom. The molecular weight excluding hydrogens is 224 g/mol. The van der Waals surface area contributed by atoms with E-state index in [0.717, 1.165) is 18.8 Å². The summed E-state index contributed by atoms with van der Waals surface area (Å²) in [6.07, 6.45) is 0. The SMILES string of the molecule is CCN(CC)C(C)CN=C(N)Nc1ccccc1. The Labute approximate surface area is 110 Å². The fourth-order valence-electron chi connectivity index (χ4n) is 1.90. The molecule has 0 aliphatic rings. The van der Waals surface area contributed by atoms with E-state index in [-0.39, 0.29) is 0 Å². The highest BCUT2D eigenvalue weighted by molar-refractivity contribution is 5.92. The monoisotopic (exact) mass is 248 g/mol. The van der Waals surface area contributed by atoms with E-state index in [1.165, 1.54) is 0 Å². The lowest BCUT2D eigenvalue weighted by atomic mass is 10.3. The third kappa shape index (κ3) is 4.75. The van der Waals surface area contributed by atoms with Gasteiger partial charge in [0.05, 0.1) is 6.54 Å². The third-order valence-corrected chi connectivity index (χ3v) is 3.01. The largest absolute Gasteiger partial charge is 0.370 e. The van der Waals surface area contributed by atoms with Crippen molar-refractivity contribution in [3.05, 3.63) is 30.3 Å². The van der Waals surface area contributed by atoms with Crippen LogP contribution in [0.5, 0.6) is 0 Å². The first kappa shape index (κ1) is 14.5. The lowest BCUT2D eigenvalue weighted by molar-refractivity contribution is 0.237. The number of aliphatic imine (C=N–C) groups is 1. The highest BCUT2D eigenvalue weighted by Gasteiger charge is 2.08. The van der Waals surface area contributed by atoms with Crippen molar-refractivity contribution in [3.8, 4) is 0 Å². The molecule has 100 valence electrons. The molecule has 0 aliphatic carbocycles. The van der Waals surface area contributed by atoms with Gasteiger partial charge in [-0.2, -0.15) is 0 Å². The van der Waals surface area contributed by atoms with Crippen molar-refractivity contribution in [1.82, 2.24) is 4.90 Å².